The lowest BCUT2D eigenvalue weighted by Crippen LogP contribution is -2.20. The zero-order chi connectivity index (χ0) is 15.1. The smallest absolute Gasteiger partial charge is 0.226 e. The number of fused-ring (bicyclic) bond motifs is 1. The summed E-state index contributed by atoms with van der Waals surface area (Å²) in [6, 6.07) is 9.55. The first kappa shape index (κ1) is 13.8. The third kappa shape index (κ3) is 2.22. The predicted molar refractivity (Wildman–Crippen MR) is 90.5 cm³/mol. The number of hydrogen-bond acceptors (Lipinski definition) is 4. The molecule has 0 spiro atoms. The van der Waals surface area contributed by atoms with Crippen LogP contribution < -0.4 is 5.32 Å². The van der Waals surface area contributed by atoms with Crippen LogP contribution in [0.3, 0.4) is 0 Å². The Morgan fingerprint density at radius 1 is 1.18 bits per heavy atom. The number of allylic oxidation sites excluding steroid dienone is 1. The highest BCUT2D eigenvalue weighted by atomic mass is 35.5. The van der Waals surface area contributed by atoms with Crippen LogP contribution in [0.4, 0.5) is 5.95 Å². The van der Waals surface area contributed by atoms with Gasteiger partial charge in [0.1, 0.15) is 12.4 Å². The van der Waals surface area contributed by atoms with Gasteiger partial charge in [0.25, 0.3) is 0 Å². The van der Waals surface area contributed by atoms with Gasteiger partial charge in [-0.2, -0.15) is 10.1 Å². The Bertz CT molecular complexity index is 854. The van der Waals surface area contributed by atoms with Gasteiger partial charge in [-0.25, -0.2) is 4.68 Å². The molecule has 1 aromatic carbocycles. The zero-order valence-electron chi connectivity index (χ0n) is 11.2. The van der Waals surface area contributed by atoms with Crippen LogP contribution in [0.2, 0.25) is 10.0 Å². The van der Waals surface area contributed by atoms with Gasteiger partial charge < -0.3 is 5.32 Å². The molecule has 1 aliphatic heterocycles. The van der Waals surface area contributed by atoms with E-state index in [0.29, 0.717) is 16.0 Å². The predicted octanol–water partition coefficient (Wildman–Crippen LogP) is 4.70. The van der Waals surface area contributed by atoms with Gasteiger partial charge in [-0.15, -0.1) is 11.3 Å². The summed E-state index contributed by atoms with van der Waals surface area (Å²) in [7, 11) is 0. The lowest BCUT2D eigenvalue weighted by Gasteiger charge is -2.24. The number of anilines is 1. The maximum absolute atomic E-state index is 6.39. The first-order chi connectivity index (χ1) is 10.7. The quantitative estimate of drug-likeness (QED) is 0.729. The van der Waals surface area contributed by atoms with Gasteiger partial charge >= 0.3 is 0 Å². The average Bonchev–Trinajstić information content (AvgIpc) is 3.19. The van der Waals surface area contributed by atoms with E-state index in [4.69, 9.17) is 23.2 Å². The van der Waals surface area contributed by atoms with Gasteiger partial charge in [0.2, 0.25) is 5.95 Å². The van der Waals surface area contributed by atoms with E-state index in [1.807, 2.05) is 23.6 Å². The van der Waals surface area contributed by atoms with Gasteiger partial charge in [0.05, 0.1) is 20.6 Å². The van der Waals surface area contributed by atoms with E-state index in [-0.39, 0.29) is 6.04 Å². The molecule has 0 aliphatic carbocycles. The highest BCUT2D eigenvalue weighted by Gasteiger charge is 2.25. The standard InChI is InChI=1S/C15H10Cl2N4S/c16-10-4-1-3-9(14(10)17)12-7-11(13-5-2-6-22-13)20-15-18-8-19-21(12)15/h1-8,12H,(H,18,19,20)/t12-/m1/s1. The molecule has 0 saturated carbocycles. The summed E-state index contributed by atoms with van der Waals surface area (Å²) in [5, 5.41) is 10.7. The summed E-state index contributed by atoms with van der Waals surface area (Å²) in [5.41, 5.74) is 1.90. The van der Waals surface area contributed by atoms with Crippen molar-refractivity contribution >= 4 is 46.2 Å². The lowest BCUT2D eigenvalue weighted by atomic mass is 10.0. The molecule has 2 aromatic heterocycles. The number of hydrogen-bond donors (Lipinski definition) is 1. The van der Waals surface area contributed by atoms with Crippen LogP contribution in [0.1, 0.15) is 16.5 Å². The lowest BCUT2D eigenvalue weighted by molar-refractivity contribution is 0.612. The van der Waals surface area contributed by atoms with E-state index in [1.165, 1.54) is 6.33 Å². The second kappa shape index (κ2) is 5.43. The van der Waals surface area contributed by atoms with Crippen LogP contribution in [-0.4, -0.2) is 14.8 Å². The van der Waals surface area contributed by atoms with Crippen molar-refractivity contribution < 1.29 is 0 Å². The molecule has 1 aliphatic rings. The van der Waals surface area contributed by atoms with Gasteiger partial charge in [0, 0.05) is 5.56 Å². The molecule has 0 radical (unpaired) electrons. The Morgan fingerprint density at radius 3 is 2.91 bits per heavy atom. The van der Waals surface area contributed by atoms with E-state index < -0.39 is 0 Å². The monoisotopic (exact) mass is 348 g/mol. The molecule has 1 N–H and O–H groups in total. The van der Waals surface area contributed by atoms with Gasteiger partial charge in [0.15, 0.2) is 0 Å². The molecule has 0 amide bonds. The summed E-state index contributed by atoms with van der Waals surface area (Å²) in [5.74, 6) is 0.687. The molecular weight excluding hydrogens is 339 g/mol. The fourth-order valence-electron chi connectivity index (χ4n) is 2.48. The molecule has 22 heavy (non-hydrogen) atoms. The Labute approximate surface area is 141 Å². The van der Waals surface area contributed by atoms with Crippen molar-refractivity contribution in [3.63, 3.8) is 0 Å². The number of halogens is 2. The minimum absolute atomic E-state index is 0.151. The third-order valence-corrected chi connectivity index (χ3v) is 5.23. The van der Waals surface area contributed by atoms with Crippen LogP contribution in [0.5, 0.6) is 0 Å². The number of rotatable bonds is 2. The highest BCUT2D eigenvalue weighted by molar-refractivity contribution is 7.11. The van der Waals surface area contributed by atoms with Gasteiger partial charge in [-0.05, 0) is 23.6 Å². The molecule has 0 unspecified atom stereocenters. The molecular formula is C15H10Cl2N4S. The van der Waals surface area contributed by atoms with Crippen molar-refractivity contribution in [1.29, 1.82) is 0 Å². The van der Waals surface area contributed by atoms with Crippen molar-refractivity contribution in [2.45, 2.75) is 6.04 Å². The summed E-state index contributed by atoms with van der Waals surface area (Å²) < 4.78 is 1.80. The Morgan fingerprint density at radius 2 is 2.09 bits per heavy atom. The molecule has 0 saturated heterocycles. The molecule has 0 bridgehead atoms. The van der Waals surface area contributed by atoms with Crippen LogP contribution in [-0.2, 0) is 0 Å². The maximum Gasteiger partial charge on any atom is 0.226 e. The van der Waals surface area contributed by atoms with Crippen LogP contribution in [0.25, 0.3) is 5.70 Å². The molecule has 7 heteroatoms. The highest BCUT2D eigenvalue weighted by Crippen LogP contribution is 2.38. The zero-order valence-corrected chi connectivity index (χ0v) is 13.5. The fourth-order valence-corrected chi connectivity index (χ4v) is 3.61. The molecule has 1 atom stereocenters. The third-order valence-electron chi connectivity index (χ3n) is 3.49. The Hall–Kier alpha value is -1.82. The topological polar surface area (TPSA) is 42.7 Å². The fraction of sp³-hybridized carbons (Fsp3) is 0.0667. The number of nitrogens with zero attached hydrogens (tertiary/aromatic N) is 3. The van der Waals surface area contributed by atoms with E-state index in [2.05, 4.69) is 27.5 Å². The molecule has 0 fully saturated rings. The van der Waals surface area contributed by atoms with E-state index in [1.54, 1.807) is 22.1 Å². The minimum Gasteiger partial charge on any atom is -0.323 e. The van der Waals surface area contributed by atoms with E-state index >= 15 is 0 Å². The van der Waals surface area contributed by atoms with Gasteiger partial charge in [-0.1, -0.05) is 41.4 Å². The maximum atomic E-state index is 6.39. The summed E-state index contributed by atoms with van der Waals surface area (Å²) in [6.07, 6.45) is 3.62. The minimum atomic E-state index is -0.151. The van der Waals surface area contributed by atoms with Crippen molar-refractivity contribution in [3.05, 3.63) is 68.6 Å². The number of benzene rings is 1. The van der Waals surface area contributed by atoms with Crippen molar-refractivity contribution in [2.24, 2.45) is 0 Å². The molecule has 4 nitrogen and oxygen atoms in total. The van der Waals surface area contributed by atoms with Crippen molar-refractivity contribution in [3.8, 4) is 0 Å². The normalized spacial score (nSPS) is 16.8. The second-order valence-electron chi connectivity index (χ2n) is 4.80. The SMILES string of the molecule is Clc1cccc([C@H]2C=C(c3cccs3)Nc3ncnn32)c1Cl. The molecule has 3 aromatic rings. The molecule has 110 valence electrons. The van der Waals surface area contributed by atoms with Crippen molar-refractivity contribution in [2.75, 3.05) is 5.32 Å². The average molecular weight is 349 g/mol. The van der Waals surface area contributed by atoms with Crippen LogP contribution >= 0.6 is 34.5 Å². The second-order valence-corrected chi connectivity index (χ2v) is 6.53. The van der Waals surface area contributed by atoms with E-state index in [9.17, 15) is 0 Å². The first-order valence-electron chi connectivity index (χ1n) is 6.60. The van der Waals surface area contributed by atoms with Gasteiger partial charge in [-0.3, -0.25) is 0 Å². The molecule has 4 rings (SSSR count). The Balaban J connectivity index is 1.88. The van der Waals surface area contributed by atoms with Crippen LogP contribution in [0.15, 0.2) is 48.1 Å². The number of thiophene rings is 1. The summed E-state index contributed by atoms with van der Waals surface area (Å²) in [6.45, 7) is 0. The summed E-state index contributed by atoms with van der Waals surface area (Å²) >= 11 is 14.2. The molecule has 3 heterocycles. The number of aromatic nitrogens is 3. The summed E-state index contributed by atoms with van der Waals surface area (Å²) in [4.78, 5) is 5.41. The largest absolute Gasteiger partial charge is 0.323 e. The van der Waals surface area contributed by atoms with E-state index in [0.717, 1.165) is 16.1 Å². The number of nitrogens with one attached hydrogen (secondary N) is 1. The van der Waals surface area contributed by atoms with Crippen LogP contribution in [0, 0.1) is 0 Å². The Kier molecular flexibility index (Phi) is 3.41. The first-order valence-corrected chi connectivity index (χ1v) is 8.24. The van der Waals surface area contributed by atoms with Crippen molar-refractivity contribution in [1.82, 2.24) is 14.8 Å².